The van der Waals surface area contributed by atoms with Crippen LogP contribution in [0.1, 0.15) is 24.1 Å². The van der Waals surface area contributed by atoms with Crippen LogP contribution < -0.4 is 5.43 Å². The summed E-state index contributed by atoms with van der Waals surface area (Å²) in [6, 6.07) is 7.68. The number of benzene rings is 1. The molecule has 2 fully saturated rings. The highest BCUT2D eigenvalue weighted by molar-refractivity contribution is 5.79. The topological polar surface area (TPSA) is 59.7 Å². The van der Waals surface area contributed by atoms with E-state index in [2.05, 4.69) is 14.8 Å². The molecule has 0 aliphatic carbocycles. The number of aromatic amines is 1. The Kier molecular flexibility index (Phi) is 5.27. The average Bonchev–Trinajstić information content (AvgIpc) is 3.19. The number of hydrogen-bond acceptors (Lipinski definition) is 4. The third-order valence-corrected chi connectivity index (χ3v) is 5.72. The molecule has 0 atom stereocenters. The molecule has 2 aliphatic heterocycles. The lowest BCUT2D eigenvalue weighted by molar-refractivity contribution is -0.131. The van der Waals surface area contributed by atoms with E-state index in [4.69, 9.17) is 0 Å². The SMILES string of the molecule is Cc1ccc2[nH]c(CN3CCN(CC(=O)N4CCCC4)CC3)cc(=O)c2c1. The number of piperazine rings is 1. The average molecular weight is 368 g/mol. The quantitative estimate of drug-likeness (QED) is 0.890. The summed E-state index contributed by atoms with van der Waals surface area (Å²) in [6.45, 7) is 8.77. The summed E-state index contributed by atoms with van der Waals surface area (Å²) in [4.78, 5) is 34.7. The summed E-state index contributed by atoms with van der Waals surface area (Å²) in [5.41, 5.74) is 3.04. The molecule has 2 saturated heterocycles. The minimum atomic E-state index is 0.0808. The number of carbonyl (C=O) groups is 1. The Hall–Kier alpha value is -2.18. The van der Waals surface area contributed by atoms with Gasteiger partial charge in [-0.2, -0.15) is 0 Å². The monoisotopic (exact) mass is 368 g/mol. The van der Waals surface area contributed by atoms with E-state index < -0.39 is 0 Å². The van der Waals surface area contributed by atoms with Crippen molar-refractivity contribution in [2.24, 2.45) is 0 Å². The van der Waals surface area contributed by atoms with E-state index in [0.717, 1.165) is 80.8 Å². The van der Waals surface area contributed by atoms with Crippen molar-refractivity contribution in [2.45, 2.75) is 26.3 Å². The number of aryl methyl sites for hydroxylation is 1. The van der Waals surface area contributed by atoms with Crippen molar-refractivity contribution in [1.29, 1.82) is 0 Å². The largest absolute Gasteiger partial charge is 0.357 e. The second kappa shape index (κ2) is 7.82. The Morgan fingerprint density at radius 1 is 1.00 bits per heavy atom. The molecular weight excluding hydrogens is 340 g/mol. The van der Waals surface area contributed by atoms with Crippen LogP contribution in [0.5, 0.6) is 0 Å². The van der Waals surface area contributed by atoms with E-state index in [1.807, 2.05) is 30.0 Å². The van der Waals surface area contributed by atoms with Gasteiger partial charge in [-0.15, -0.1) is 0 Å². The highest BCUT2D eigenvalue weighted by Gasteiger charge is 2.23. The number of fused-ring (bicyclic) bond motifs is 1. The van der Waals surface area contributed by atoms with Crippen LogP contribution in [0, 0.1) is 6.92 Å². The molecule has 1 amide bonds. The van der Waals surface area contributed by atoms with Crippen molar-refractivity contribution in [3.8, 4) is 0 Å². The Balaban J connectivity index is 1.34. The van der Waals surface area contributed by atoms with Crippen molar-refractivity contribution >= 4 is 16.8 Å². The summed E-state index contributed by atoms with van der Waals surface area (Å²) in [7, 11) is 0. The molecule has 144 valence electrons. The number of amides is 1. The van der Waals surface area contributed by atoms with Crippen molar-refractivity contribution < 1.29 is 4.79 Å². The molecule has 0 radical (unpaired) electrons. The van der Waals surface area contributed by atoms with E-state index in [1.54, 1.807) is 6.07 Å². The lowest BCUT2D eigenvalue weighted by Crippen LogP contribution is -2.49. The zero-order chi connectivity index (χ0) is 18.8. The van der Waals surface area contributed by atoms with Gasteiger partial charge in [-0.3, -0.25) is 19.4 Å². The van der Waals surface area contributed by atoms with E-state index >= 15 is 0 Å². The van der Waals surface area contributed by atoms with Crippen LogP contribution in [0.3, 0.4) is 0 Å². The van der Waals surface area contributed by atoms with Crippen molar-refractivity contribution in [1.82, 2.24) is 19.7 Å². The molecule has 0 unspecified atom stereocenters. The van der Waals surface area contributed by atoms with E-state index in [0.29, 0.717) is 6.54 Å². The maximum atomic E-state index is 12.4. The molecule has 27 heavy (non-hydrogen) atoms. The van der Waals surface area contributed by atoms with Gasteiger partial charge in [0.25, 0.3) is 0 Å². The van der Waals surface area contributed by atoms with Gasteiger partial charge in [0.1, 0.15) is 0 Å². The van der Waals surface area contributed by atoms with Gasteiger partial charge in [-0.25, -0.2) is 0 Å². The standard InChI is InChI=1S/C21H28N4O2/c1-16-4-5-19-18(12-16)20(26)13-17(22-19)14-23-8-10-24(11-9-23)15-21(27)25-6-2-3-7-25/h4-5,12-13H,2-3,6-11,14-15H2,1H3,(H,22,26). The zero-order valence-electron chi connectivity index (χ0n) is 16.0. The summed E-state index contributed by atoms with van der Waals surface area (Å²) in [5, 5.41) is 0.754. The summed E-state index contributed by atoms with van der Waals surface area (Å²) < 4.78 is 0. The molecule has 4 rings (SSSR count). The lowest BCUT2D eigenvalue weighted by Gasteiger charge is -2.34. The smallest absolute Gasteiger partial charge is 0.236 e. The van der Waals surface area contributed by atoms with Gasteiger partial charge < -0.3 is 9.88 Å². The first-order chi connectivity index (χ1) is 13.1. The summed E-state index contributed by atoms with van der Waals surface area (Å²) >= 11 is 0. The minimum absolute atomic E-state index is 0.0808. The molecule has 6 nitrogen and oxygen atoms in total. The number of aromatic nitrogens is 1. The molecule has 1 aromatic carbocycles. The minimum Gasteiger partial charge on any atom is -0.357 e. The molecule has 1 aromatic heterocycles. The van der Waals surface area contributed by atoms with Gasteiger partial charge >= 0.3 is 0 Å². The number of nitrogens with zero attached hydrogens (tertiary/aromatic N) is 3. The van der Waals surface area contributed by atoms with Gasteiger partial charge in [-0.1, -0.05) is 11.6 Å². The molecule has 3 heterocycles. The lowest BCUT2D eigenvalue weighted by atomic mass is 10.1. The van der Waals surface area contributed by atoms with Crippen molar-refractivity contribution in [2.75, 3.05) is 45.8 Å². The molecule has 2 aromatic rings. The van der Waals surface area contributed by atoms with Crippen LogP contribution in [0.25, 0.3) is 10.9 Å². The highest BCUT2D eigenvalue weighted by Crippen LogP contribution is 2.13. The molecule has 0 spiro atoms. The summed E-state index contributed by atoms with van der Waals surface area (Å²) in [5.74, 6) is 0.273. The van der Waals surface area contributed by atoms with E-state index in [1.165, 1.54) is 0 Å². The van der Waals surface area contributed by atoms with Gasteiger partial charge in [-0.05, 0) is 31.9 Å². The summed E-state index contributed by atoms with van der Waals surface area (Å²) in [6.07, 6.45) is 2.28. The van der Waals surface area contributed by atoms with Crippen LogP contribution in [-0.2, 0) is 11.3 Å². The number of nitrogens with one attached hydrogen (secondary N) is 1. The number of H-pyrrole nitrogens is 1. The number of hydrogen-bond donors (Lipinski definition) is 1. The number of rotatable bonds is 4. The van der Waals surface area contributed by atoms with Crippen LogP contribution in [0.2, 0.25) is 0 Å². The normalized spacial score (nSPS) is 19.1. The van der Waals surface area contributed by atoms with Crippen LogP contribution in [0.4, 0.5) is 0 Å². The van der Waals surface area contributed by atoms with E-state index in [-0.39, 0.29) is 11.3 Å². The Morgan fingerprint density at radius 3 is 2.44 bits per heavy atom. The Bertz CT molecular complexity index is 877. The third-order valence-electron chi connectivity index (χ3n) is 5.72. The van der Waals surface area contributed by atoms with Crippen molar-refractivity contribution in [3.63, 3.8) is 0 Å². The Labute approximate surface area is 159 Å². The van der Waals surface area contributed by atoms with Gasteiger partial charge in [0.15, 0.2) is 5.43 Å². The first kappa shape index (κ1) is 18.2. The van der Waals surface area contributed by atoms with Crippen LogP contribution >= 0.6 is 0 Å². The zero-order valence-corrected chi connectivity index (χ0v) is 16.0. The fourth-order valence-electron chi connectivity index (χ4n) is 4.11. The maximum Gasteiger partial charge on any atom is 0.236 e. The number of carbonyl (C=O) groups excluding carboxylic acids is 1. The predicted octanol–water partition coefficient (Wildman–Crippen LogP) is 1.58. The fourth-order valence-corrected chi connectivity index (χ4v) is 4.11. The highest BCUT2D eigenvalue weighted by atomic mass is 16.2. The van der Waals surface area contributed by atoms with Crippen LogP contribution in [-0.4, -0.2) is 71.4 Å². The maximum absolute atomic E-state index is 12.4. The number of likely N-dealkylation sites (tertiary alicyclic amines) is 1. The molecule has 0 saturated carbocycles. The second-order valence-electron chi connectivity index (χ2n) is 7.85. The molecule has 0 bridgehead atoms. The number of pyridine rings is 1. The molecule has 1 N–H and O–H groups in total. The Morgan fingerprint density at radius 2 is 1.70 bits per heavy atom. The van der Waals surface area contributed by atoms with Gasteiger partial charge in [0.2, 0.25) is 5.91 Å². The molecule has 2 aliphatic rings. The predicted molar refractivity (Wildman–Crippen MR) is 107 cm³/mol. The second-order valence-corrected chi connectivity index (χ2v) is 7.85. The van der Waals surface area contributed by atoms with Crippen molar-refractivity contribution in [3.05, 3.63) is 45.7 Å². The fraction of sp³-hybridized carbons (Fsp3) is 0.524. The van der Waals surface area contributed by atoms with Gasteiger partial charge in [0.05, 0.1) is 6.54 Å². The van der Waals surface area contributed by atoms with E-state index in [9.17, 15) is 9.59 Å². The first-order valence-corrected chi connectivity index (χ1v) is 9.93. The first-order valence-electron chi connectivity index (χ1n) is 9.93. The van der Waals surface area contributed by atoms with Gasteiger partial charge in [0, 0.05) is 68.5 Å². The third kappa shape index (κ3) is 4.22. The molecule has 6 heteroatoms. The van der Waals surface area contributed by atoms with Crippen LogP contribution in [0.15, 0.2) is 29.1 Å². The molecular formula is C21H28N4O2.